The number of benzene rings is 2. The molecule has 0 saturated carbocycles. The molecule has 2 aromatic rings. The first-order valence-electron chi connectivity index (χ1n) is 9.57. The van der Waals surface area contributed by atoms with Gasteiger partial charge in [-0.15, -0.1) is 0 Å². The number of rotatable bonds is 2. The molecular formula is C22H26N2O. The van der Waals surface area contributed by atoms with Gasteiger partial charge in [0, 0.05) is 18.2 Å². The fourth-order valence-electron chi connectivity index (χ4n) is 4.84. The number of nitrogens with one attached hydrogen (secondary N) is 1. The fraction of sp³-hybridized carbons (Fsp3) is 0.455. The standard InChI is InChI=1S/C22H26N2O/c1-15-6-7-21-19(12-15)22(18-5-3-2-4-17(18)14-25-21)23-20-13-24-10-8-16(20)9-11-24/h2-7,12,16,20,22-23H,8-11,13-14H2,1H3. The molecule has 1 N–H and O–H groups in total. The van der Waals surface area contributed by atoms with E-state index in [1.54, 1.807) is 0 Å². The van der Waals surface area contributed by atoms with Crippen LogP contribution in [0.2, 0.25) is 0 Å². The van der Waals surface area contributed by atoms with E-state index in [0.29, 0.717) is 12.6 Å². The van der Waals surface area contributed by atoms with Gasteiger partial charge in [-0.25, -0.2) is 0 Å². The molecule has 4 aliphatic heterocycles. The van der Waals surface area contributed by atoms with E-state index < -0.39 is 0 Å². The fourth-order valence-corrected chi connectivity index (χ4v) is 4.84. The van der Waals surface area contributed by atoms with E-state index >= 15 is 0 Å². The van der Waals surface area contributed by atoms with Gasteiger partial charge in [0.05, 0.1) is 6.04 Å². The molecule has 2 unspecified atom stereocenters. The Bertz CT molecular complexity index is 779. The summed E-state index contributed by atoms with van der Waals surface area (Å²) < 4.78 is 6.16. The van der Waals surface area contributed by atoms with Gasteiger partial charge in [-0.1, -0.05) is 42.0 Å². The van der Waals surface area contributed by atoms with Crippen LogP contribution in [-0.4, -0.2) is 30.6 Å². The highest BCUT2D eigenvalue weighted by Gasteiger charge is 2.36. The quantitative estimate of drug-likeness (QED) is 0.907. The zero-order valence-corrected chi connectivity index (χ0v) is 14.9. The lowest BCUT2D eigenvalue weighted by Gasteiger charge is -2.46. The summed E-state index contributed by atoms with van der Waals surface area (Å²) in [6.45, 7) is 6.57. The SMILES string of the molecule is Cc1ccc2c(c1)C(NC1CN3CCC1CC3)c1ccccc1CO2. The number of fused-ring (bicyclic) bond motifs is 5. The van der Waals surface area contributed by atoms with E-state index in [0.717, 1.165) is 11.7 Å². The van der Waals surface area contributed by atoms with E-state index in [2.05, 4.69) is 59.6 Å². The Labute approximate surface area is 150 Å². The van der Waals surface area contributed by atoms with Crippen molar-refractivity contribution in [3.63, 3.8) is 0 Å². The number of hydrogen-bond acceptors (Lipinski definition) is 3. The highest BCUT2D eigenvalue weighted by atomic mass is 16.5. The van der Waals surface area contributed by atoms with E-state index in [9.17, 15) is 0 Å². The second-order valence-electron chi connectivity index (χ2n) is 7.87. The van der Waals surface area contributed by atoms with Gasteiger partial charge in [0.1, 0.15) is 12.4 Å². The third kappa shape index (κ3) is 2.76. The average molecular weight is 334 g/mol. The Kier molecular flexibility index (Phi) is 3.79. The zero-order valence-electron chi connectivity index (χ0n) is 14.9. The van der Waals surface area contributed by atoms with Crippen LogP contribution in [0.15, 0.2) is 42.5 Å². The molecule has 2 aromatic carbocycles. The van der Waals surface area contributed by atoms with Gasteiger partial charge in [-0.05, 0) is 56.0 Å². The molecule has 0 aliphatic carbocycles. The molecule has 2 bridgehead atoms. The van der Waals surface area contributed by atoms with Crippen molar-refractivity contribution in [2.45, 2.75) is 38.5 Å². The third-order valence-electron chi connectivity index (χ3n) is 6.26. The van der Waals surface area contributed by atoms with Gasteiger partial charge in [0.25, 0.3) is 0 Å². The van der Waals surface area contributed by atoms with Crippen molar-refractivity contribution in [1.29, 1.82) is 0 Å². The Morgan fingerprint density at radius 3 is 2.68 bits per heavy atom. The number of aryl methyl sites for hydroxylation is 1. The van der Waals surface area contributed by atoms with Crippen LogP contribution < -0.4 is 10.1 Å². The van der Waals surface area contributed by atoms with Crippen molar-refractivity contribution >= 4 is 0 Å². The summed E-state index contributed by atoms with van der Waals surface area (Å²) >= 11 is 0. The lowest BCUT2D eigenvalue weighted by Crippen LogP contribution is -2.56. The van der Waals surface area contributed by atoms with Crippen LogP contribution in [0.1, 0.15) is 41.1 Å². The minimum Gasteiger partial charge on any atom is -0.489 e. The van der Waals surface area contributed by atoms with Crippen LogP contribution in [0.3, 0.4) is 0 Å². The Hall–Kier alpha value is -1.84. The molecule has 0 amide bonds. The first-order chi connectivity index (χ1) is 12.3. The molecule has 2 atom stereocenters. The molecule has 0 spiro atoms. The predicted molar refractivity (Wildman–Crippen MR) is 99.9 cm³/mol. The largest absolute Gasteiger partial charge is 0.489 e. The van der Waals surface area contributed by atoms with Crippen LogP contribution >= 0.6 is 0 Å². The van der Waals surface area contributed by atoms with Crippen molar-refractivity contribution in [2.24, 2.45) is 5.92 Å². The summed E-state index contributed by atoms with van der Waals surface area (Å²) in [5.41, 5.74) is 5.27. The Balaban J connectivity index is 1.56. The lowest BCUT2D eigenvalue weighted by atomic mass is 9.82. The Morgan fingerprint density at radius 1 is 1.04 bits per heavy atom. The monoisotopic (exact) mass is 334 g/mol. The summed E-state index contributed by atoms with van der Waals surface area (Å²) in [4.78, 5) is 2.62. The molecule has 0 radical (unpaired) electrons. The second-order valence-corrected chi connectivity index (χ2v) is 7.87. The maximum atomic E-state index is 6.16. The first kappa shape index (κ1) is 15.4. The topological polar surface area (TPSA) is 24.5 Å². The number of ether oxygens (including phenoxy) is 1. The maximum absolute atomic E-state index is 6.16. The highest BCUT2D eigenvalue weighted by Crippen LogP contribution is 2.38. The molecular weight excluding hydrogens is 308 g/mol. The van der Waals surface area contributed by atoms with E-state index in [1.807, 2.05) is 0 Å². The van der Waals surface area contributed by atoms with Gasteiger partial charge in [0.15, 0.2) is 0 Å². The van der Waals surface area contributed by atoms with Crippen LogP contribution in [0, 0.1) is 12.8 Å². The van der Waals surface area contributed by atoms with Crippen LogP contribution in [0.5, 0.6) is 5.75 Å². The van der Waals surface area contributed by atoms with Crippen molar-refractivity contribution in [1.82, 2.24) is 10.2 Å². The van der Waals surface area contributed by atoms with E-state index in [1.165, 1.54) is 54.7 Å². The van der Waals surface area contributed by atoms with Crippen LogP contribution in [0.4, 0.5) is 0 Å². The average Bonchev–Trinajstić information content (AvgIpc) is 2.80. The minimum absolute atomic E-state index is 0.221. The van der Waals surface area contributed by atoms with Gasteiger partial charge < -0.3 is 15.0 Å². The maximum Gasteiger partial charge on any atom is 0.124 e. The van der Waals surface area contributed by atoms with Gasteiger partial charge in [0.2, 0.25) is 0 Å². The van der Waals surface area contributed by atoms with Crippen LogP contribution in [0.25, 0.3) is 0 Å². The van der Waals surface area contributed by atoms with Crippen molar-refractivity contribution < 1.29 is 4.74 Å². The molecule has 6 rings (SSSR count). The van der Waals surface area contributed by atoms with Crippen LogP contribution in [-0.2, 0) is 6.61 Å². The molecule has 4 heterocycles. The van der Waals surface area contributed by atoms with E-state index in [4.69, 9.17) is 4.74 Å². The summed E-state index contributed by atoms with van der Waals surface area (Å²) in [5, 5.41) is 4.05. The third-order valence-corrected chi connectivity index (χ3v) is 6.26. The molecule has 0 aromatic heterocycles. The summed E-state index contributed by atoms with van der Waals surface area (Å²) in [6, 6.07) is 16.2. The minimum atomic E-state index is 0.221. The Morgan fingerprint density at radius 2 is 1.88 bits per heavy atom. The number of nitrogens with zero attached hydrogens (tertiary/aromatic N) is 1. The molecule has 3 nitrogen and oxygen atoms in total. The lowest BCUT2D eigenvalue weighted by molar-refractivity contribution is 0.0691. The molecule has 3 saturated heterocycles. The molecule has 3 fully saturated rings. The predicted octanol–water partition coefficient (Wildman–Crippen LogP) is 3.66. The highest BCUT2D eigenvalue weighted by molar-refractivity contribution is 5.48. The van der Waals surface area contributed by atoms with Gasteiger partial charge in [-0.2, -0.15) is 0 Å². The zero-order chi connectivity index (χ0) is 16.8. The summed E-state index contributed by atoms with van der Waals surface area (Å²) in [7, 11) is 0. The molecule has 3 heteroatoms. The number of piperidine rings is 3. The normalized spacial score (nSPS) is 30.1. The summed E-state index contributed by atoms with van der Waals surface area (Å²) in [6.07, 6.45) is 2.67. The van der Waals surface area contributed by atoms with Crippen molar-refractivity contribution in [2.75, 3.05) is 19.6 Å². The first-order valence-corrected chi connectivity index (χ1v) is 9.57. The number of hydrogen-bond donors (Lipinski definition) is 1. The second kappa shape index (κ2) is 6.15. The van der Waals surface area contributed by atoms with E-state index in [-0.39, 0.29) is 6.04 Å². The molecule has 25 heavy (non-hydrogen) atoms. The van der Waals surface area contributed by atoms with Crippen molar-refractivity contribution in [3.05, 3.63) is 64.7 Å². The smallest absolute Gasteiger partial charge is 0.124 e. The van der Waals surface area contributed by atoms with Crippen molar-refractivity contribution in [3.8, 4) is 5.75 Å². The van der Waals surface area contributed by atoms with Gasteiger partial charge in [-0.3, -0.25) is 0 Å². The molecule has 4 aliphatic rings. The molecule has 130 valence electrons. The van der Waals surface area contributed by atoms with Gasteiger partial charge >= 0.3 is 0 Å². The summed E-state index contributed by atoms with van der Waals surface area (Å²) in [5.74, 6) is 1.84.